The third-order valence-corrected chi connectivity index (χ3v) is 6.81. The Morgan fingerprint density at radius 1 is 1.06 bits per heavy atom. The molecule has 0 spiro atoms. The van der Waals surface area contributed by atoms with Gasteiger partial charge in [-0.3, -0.25) is 9.59 Å². The van der Waals surface area contributed by atoms with Crippen molar-refractivity contribution >= 4 is 17.3 Å². The maximum absolute atomic E-state index is 13.2. The molecule has 1 saturated heterocycles. The molecule has 3 heterocycles. The lowest BCUT2D eigenvalue weighted by Gasteiger charge is -2.33. The first-order chi connectivity index (χ1) is 15.5. The first-order valence-corrected chi connectivity index (χ1v) is 11.9. The summed E-state index contributed by atoms with van der Waals surface area (Å²) < 4.78 is 1.84. The van der Waals surface area contributed by atoms with Gasteiger partial charge in [-0.15, -0.1) is 0 Å². The Balaban J connectivity index is 1.43. The van der Waals surface area contributed by atoms with E-state index in [-0.39, 0.29) is 17.9 Å². The Morgan fingerprint density at radius 3 is 2.53 bits per heavy atom. The normalized spacial score (nSPS) is 18.8. The van der Waals surface area contributed by atoms with Crippen LogP contribution in [0.5, 0.6) is 0 Å². The van der Waals surface area contributed by atoms with Crippen molar-refractivity contribution < 1.29 is 9.59 Å². The van der Waals surface area contributed by atoms with E-state index >= 15 is 0 Å². The van der Waals surface area contributed by atoms with E-state index in [1.54, 1.807) is 0 Å². The van der Waals surface area contributed by atoms with Crippen molar-refractivity contribution in [2.24, 2.45) is 5.92 Å². The molecule has 0 N–H and O–H groups in total. The molecule has 0 bridgehead atoms. The molecule has 2 aromatic heterocycles. The van der Waals surface area contributed by atoms with Crippen LogP contribution in [0.4, 0.5) is 0 Å². The van der Waals surface area contributed by atoms with E-state index in [0.29, 0.717) is 23.5 Å². The SMILES string of the molecule is CCc1cc(C(=O)N2CCCCC2C)nc2cc(-c3ccc(CC(=O)C4CC4)cc3)nn12. The Labute approximate surface area is 188 Å². The fourth-order valence-corrected chi connectivity index (χ4v) is 4.63. The number of benzene rings is 1. The van der Waals surface area contributed by atoms with E-state index in [2.05, 4.69) is 18.8 Å². The number of piperidine rings is 1. The van der Waals surface area contributed by atoms with Crippen molar-refractivity contribution in [3.05, 3.63) is 53.3 Å². The zero-order valence-electron chi connectivity index (χ0n) is 18.9. The standard InChI is InChI=1S/C26H30N4O2/c1-3-21-15-23(26(32)29-13-5-4-6-17(29)2)27-25-16-22(28-30(21)25)19-9-7-18(8-10-19)14-24(31)20-11-12-20/h7-10,15-17,20H,3-6,11-14H2,1-2H3. The smallest absolute Gasteiger partial charge is 0.272 e. The van der Waals surface area contributed by atoms with Crippen LogP contribution in [0.3, 0.4) is 0 Å². The minimum atomic E-state index is 0.0156. The summed E-state index contributed by atoms with van der Waals surface area (Å²) >= 11 is 0. The van der Waals surface area contributed by atoms with Crippen LogP contribution in [0.25, 0.3) is 16.9 Å². The Hall–Kier alpha value is -3.02. The number of rotatable bonds is 6. The predicted molar refractivity (Wildman–Crippen MR) is 124 cm³/mol. The zero-order chi connectivity index (χ0) is 22.2. The highest BCUT2D eigenvalue weighted by Crippen LogP contribution is 2.31. The van der Waals surface area contributed by atoms with E-state index in [0.717, 1.165) is 61.2 Å². The maximum Gasteiger partial charge on any atom is 0.272 e. The maximum atomic E-state index is 13.2. The van der Waals surface area contributed by atoms with Crippen molar-refractivity contribution in [3.8, 4) is 11.3 Å². The fourth-order valence-electron chi connectivity index (χ4n) is 4.63. The molecule has 6 nitrogen and oxygen atoms in total. The lowest BCUT2D eigenvalue weighted by Crippen LogP contribution is -2.42. The Bertz CT molecular complexity index is 1160. The monoisotopic (exact) mass is 430 g/mol. The number of ketones is 1. The number of carbonyl (C=O) groups is 2. The fraction of sp³-hybridized carbons (Fsp3) is 0.462. The minimum Gasteiger partial charge on any atom is -0.335 e. The number of likely N-dealkylation sites (tertiary alicyclic amines) is 1. The molecule has 5 rings (SSSR count). The molecule has 2 fully saturated rings. The van der Waals surface area contributed by atoms with Crippen LogP contribution in [-0.4, -0.2) is 43.8 Å². The van der Waals surface area contributed by atoms with Gasteiger partial charge in [0.15, 0.2) is 5.65 Å². The number of amides is 1. The van der Waals surface area contributed by atoms with Gasteiger partial charge in [0.25, 0.3) is 5.91 Å². The number of nitrogens with zero attached hydrogens (tertiary/aromatic N) is 4. The van der Waals surface area contributed by atoms with Crippen molar-refractivity contribution in [1.29, 1.82) is 0 Å². The average molecular weight is 431 g/mol. The molecule has 3 aromatic rings. The second kappa shape index (κ2) is 8.49. The minimum absolute atomic E-state index is 0.0156. The van der Waals surface area contributed by atoms with E-state index in [1.165, 1.54) is 6.42 Å². The number of fused-ring (bicyclic) bond motifs is 1. The van der Waals surface area contributed by atoms with Gasteiger partial charge in [0.05, 0.1) is 5.69 Å². The average Bonchev–Trinajstić information content (AvgIpc) is 3.57. The van der Waals surface area contributed by atoms with Crippen molar-refractivity contribution in [2.75, 3.05) is 6.54 Å². The zero-order valence-corrected chi connectivity index (χ0v) is 18.9. The Kier molecular flexibility index (Phi) is 5.53. The van der Waals surface area contributed by atoms with Gasteiger partial charge in [-0.2, -0.15) is 5.10 Å². The molecule has 32 heavy (non-hydrogen) atoms. The van der Waals surface area contributed by atoms with Crippen molar-refractivity contribution in [3.63, 3.8) is 0 Å². The summed E-state index contributed by atoms with van der Waals surface area (Å²) in [5, 5.41) is 4.77. The van der Waals surface area contributed by atoms with E-state index < -0.39 is 0 Å². The van der Waals surface area contributed by atoms with Gasteiger partial charge in [0.1, 0.15) is 11.5 Å². The van der Waals surface area contributed by atoms with Gasteiger partial charge in [-0.25, -0.2) is 9.50 Å². The molecule has 1 aliphatic carbocycles. The van der Waals surface area contributed by atoms with Crippen molar-refractivity contribution in [1.82, 2.24) is 19.5 Å². The number of hydrogen-bond acceptors (Lipinski definition) is 4. The number of carbonyl (C=O) groups excluding carboxylic acids is 2. The number of Topliss-reactive ketones (excluding diaryl/α,β-unsaturated/α-hetero) is 1. The van der Waals surface area contributed by atoms with Crippen LogP contribution in [0.1, 0.15) is 67.7 Å². The summed E-state index contributed by atoms with van der Waals surface area (Å²) in [5.74, 6) is 0.654. The first kappa shape index (κ1) is 20.9. The molecular formula is C26H30N4O2. The van der Waals surface area contributed by atoms with Crippen LogP contribution in [0, 0.1) is 5.92 Å². The number of aromatic nitrogens is 3. The van der Waals surface area contributed by atoms with Crippen LogP contribution >= 0.6 is 0 Å². The largest absolute Gasteiger partial charge is 0.335 e. The molecule has 0 radical (unpaired) electrons. The number of aryl methyl sites for hydroxylation is 1. The summed E-state index contributed by atoms with van der Waals surface area (Å²) in [4.78, 5) is 31.9. The summed E-state index contributed by atoms with van der Waals surface area (Å²) in [6, 6.07) is 12.2. The lowest BCUT2D eigenvalue weighted by atomic mass is 10.0. The molecule has 1 atom stereocenters. The van der Waals surface area contributed by atoms with Crippen LogP contribution in [0.2, 0.25) is 0 Å². The number of hydrogen-bond donors (Lipinski definition) is 0. The van der Waals surface area contributed by atoms with E-state index in [9.17, 15) is 9.59 Å². The molecule has 1 unspecified atom stereocenters. The van der Waals surface area contributed by atoms with Gasteiger partial charge in [0, 0.05) is 42.2 Å². The molecule has 6 heteroatoms. The quantitative estimate of drug-likeness (QED) is 0.578. The molecule has 1 aromatic carbocycles. The lowest BCUT2D eigenvalue weighted by molar-refractivity contribution is -0.119. The highest BCUT2D eigenvalue weighted by molar-refractivity contribution is 5.93. The van der Waals surface area contributed by atoms with Crippen LogP contribution in [0.15, 0.2) is 36.4 Å². The molecule has 2 aliphatic rings. The van der Waals surface area contributed by atoms with Crippen LogP contribution in [-0.2, 0) is 17.6 Å². The highest BCUT2D eigenvalue weighted by atomic mass is 16.2. The molecule has 1 aliphatic heterocycles. The van der Waals surface area contributed by atoms with Crippen LogP contribution < -0.4 is 0 Å². The van der Waals surface area contributed by atoms with Gasteiger partial charge < -0.3 is 4.90 Å². The summed E-state index contributed by atoms with van der Waals surface area (Å²) in [6.45, 7) is 4.99. The van der Waals surface area contributed by atoms with Gasteiger partial charge >= 0.3 is 0 Å². The summed E-state index contributed by atoms with van der Waals surface area (Å²) in [5.41, 5.74) is 5.02. The van der Waals surface area contributed by atoms with E-state index in [4.69, 9.17) is 5.10 Å². The molecule has 1 saturated carbocycles. The topological polar surface area (TPSA) is 67.6 Å². The molecular weight excluding hydrogens is 400 g/mol. The summed E-state index contributed by atoms with van der Waals surface area (Å²) in [6.07, 6.45) is 6.65. The second-order valence-corrected chi connectivity index (χ2v) is 9.24. The van der Waals surface area contributed by atoms with Crippen molar-refractivity contribution in [2.45, 2.75) is 64.8 Å². The third-order valence-electron chi connectivity index (χ3n) is 6.81. The first-order valence-electron chi connectivity index (χ1n) is 11.9. The van der Waals surface area contributed by atoms with E-state index in [1.807, 2.05) is 45.8 Å². The molecule has 166 valence electrons. The van der Waals surface area contributed by atoms with Gasteiger partial charge in [-0.1, -0.05) is 31.2 Å². The summed E-state index contributed by atoms with van der Waals surface area (Å²) in [7, 11) is 0. The predicted octanol–water partition coefficient (Wildman–Crippen LogP) is 4.49. The second-order valence-electron chi connectivity index (χ2n) is 9.24. The highest BCUT2D eigenvalue weighted by Gasteiger charge is 2.29. The Morgan fingerprint density at radius 2 is 1.84 bits per heavy atom. The van der Waals surface area contributed by atoms with Gasteiger partial charge in [0.2, 0.25) is 0 Å². The molecule has 1 amide bonds. The van der Waals surface area contributed by atoms with Gasteiger partial charge in [-0.05, 0) is 57.1 Å². The third kappa shape index (κ3) is 4.06.